The topological polar surface area (TPSA) is 108 Å². The Morgan fingerprint density at radius 2 is 2.26 bits per heavy atom. The van der Waals surface area contributed by atoms with E-state index in [1.54, 1.807) is 18.3 Å². The van der Waals surface area contributed by atoms with E-state index >= 15 is 0 Å². The fourth-order valence-corrected chi connectivity index (χ4v) is 1.71. The first-order valence-corrected chi connectivity index (χ1v) is 5.51. The smallest absolute Gasteiger partial charge is 0.319 e. The zero-order chi connectivity index (χ0) is 13.4. The summed E-state index contributed by atoms with van der Waals surface area (Å²) in [6, 6.07) is 5.33. The third-order valence-corrected chi connectivity index (χ3v) is 2.68. The van der Waals surface area contributed by atoms with Crippen LogP contribution < -0.4 is 11.0 Å². The number of rotatable bonds is 2. The van der Waals surface area contributed by atoms with Crippen molar-refractivity contribution in [2.45, 2.75) is 0 Å². The highest BCUT2D eigenvalue weighted by Gasteiger charge is 2.12. The van der Waals surface area contributed by atoms with Gasteiger partial charge in [-0.05, 0) is 18.2 Å². The van der Waals surface area contributed by atoms with Gasteiger partial charge in [-0.25, -0.2) is 9.48 Å². The molecule has 0 aliphatic rings. The molecular weight excluding hydrogens is 248 g/mol. The van der Waals surface area contributed by atoms with E-state index in [-0.39, 0.29) is 5.82 Å². The third-order valence-electron chi connectivity index (χ3n) is 2.68. The van der Waals surface area contributed by atoms with Crippen LogP contribution in [0.15, 0.2) is 29.2 Å². The van der Waals surface area contributed by atoms with Crippen LogP contribution in [-0.4, -0.2) is 30.9 Å². The predicted molar refractivity (Wildman–Crippen MR) is 67.9 cm³/mol. The Hall–Kier alpha value is -2.90. The predicted octanol–water partition coefficient (Wildman–Crippen LogP) is 0.237. The molecule has 3 aromatic rings. The highest BCUT2D eigenvalue weighted by atomic mass is 16.2. The molecule has 0 aliphatic heterocycles. The number of fused-ring (bicyclic) bond motifs is 1. The molecule has 3 rings (SSSR count). The van der Waals surface area contributed by atoms with Crippen molar-refractivity contribution in [3.63, 3.8) is 0 Å². The van der Waals surface area contributed by atoms with Crippen molar-refractivity contribution in [2.75, 3.05) is 5.32 Å². The summed E-state index contributed by atoms with van der Waals surface area (Å²) >= 11 is 0. The number of carbonyl (C=O) groups excluding carboxylic acids is 1. The standard InChI is InChI=1S/C11H10N6O2/c1-17-11(19)14-9(16-17)10(18)13-7-3-2-6-5-12-15-8(6)4-7/h2-5H,1H3,(H,12,15)(H,13,18)(H,14,16,19). The summed E-state index contributed by atoms with van der Waals surface area (Å²) in [5.41, 5.74) is 0.967. The van der Waals surface area contributed by atoms with Crippen LogP contribution in [0.1, 0.15) is 10.6 Å². The normalized spacial score (nSPS) is 10.8. The molecule has 0 radical (unpaired) electrons. The van der Waals surface area contributed by atoms with Gasteiger partial charge in [0.15, 0.2) is 0 Å². The van der Waals surface area contributed by atoms with Crippen molar-refractivity contribution in [1.29, 1.82) is 0 Å². The van der Waals surface area contributed by atoms with Gasteiger partial charge < -0.3 is 5.32 Å². The van der Waals surface area contributed by atoms with Gasteiger partial charge in [-0.15, -0.1) is 5.10 Å². The summed E-state index contributed by atoms with van der Waals surface area (Å²) < 4.78 is 1.06. The molecule has 0 saturated heterocycles. The Morgan fingerprint density at radius 1 is 1.42 bits per heavy atom. The van der Waals surface area contributed by atoms with Crippen LogP contribution in [0, 0.1) is 0 Å². The number of carbonyl (C=O) groups is 1. The number of aromatic nitrogens is 5. The summed E-state index contributed by atoms with van der Waals surface area (Å²) in [5.74, 6) is -0.506. The number of nitrogens with zero attached hydrogens (tertiary/aromatic N) is 3. The SMILES string of the molecule is Cn1nc(C(=O)Nc2ccc3cn[nH]c3c2)[nH]c1=O. The van der Waals surface area contributed by atoms with Gasteiger partial charge in [0, 0.05) is 18.1 Å². The van der Waals surface area contributed by atoms with Crippen LogP contribution in [0.5, 0.6) is 0 Å². The summed E-state index contributed by atoms with van der Waals surface area (Å²) in [4.78, 5) is 25.4. The molecule has 0 atom stereocenters. The molecule has 0 bridgehead atoms. The number of benzene rings is 1. The fourth-order valence-electron chi connectivity index (χ4n) is 1.71. The lowest BCUT2D eigenvalue weighted by molar-refractivity contribution is 0.101. The molecule has 8 heteroatoms. The van der Waals surface area contributed by atoms with E-state index in [4.69, 9.17) is 0 Å². The molecule has 0 saturated carbocycles. The minimum absolute atomic E-state index is 0.0304. The third kappa shape index (κ3) is 1.99. The molecule has 1 aromatic carbocycles. The summed E-state index contributed by atoms with van der Waals surface area (Å²) in [6.07, 6.45) is 1.69. The number of H-pyrrole nitrogens is 2. The fraction of sp³-hybridized carbons (Fsp3) is 0.0909. The number of hydrogen-bond donors (Lipinski definition) is 3. The first-order valence-electron chi connectivity index (χ1n) is 5.51. The van der Waals surface area contributed by atoms with Gasteiger partial charge in [0.1, 0.15) is 0 Å². The quantitative estimate of drug-likeness (QED) is 0.611. The number of nitrogens with one attached hydrogen (secondary N) is 3. The van der Waals surface area contributed by atoms with E-state index in [1.165, 1.54) is 7.05 Å². The zero-order valence-electron chi connectivity index (χ0n) is 9.97. The van der Waals surface area contributed by atoms with Crippen LogP contribution in [0.25, 0.3) is 10.9 Å². The second-order valence-electron chi connectivity index (χ2n) is 4.03. The molecule has 19 heavy (non-hydrogen) atoms. The van der Waals surface area contributed by atoms with Gasteiger partial charge in [0.2, 0.25) is 5.82 Å². The van der Waals surface area contributed by atoms with Crippen molar-refractivity contribution in [2.24, 2.45) is 7.05 Å². The first-order chi connectivity index (χ1) is 9.13. The molecule has 0 fully saturated rings. The molecule has 96 valence electrons. The molecular formula is C11H10N6O2. The molecule has 0 unspecified atom stereocenters. The van der Waals surface area contributed by atoms with Crippen molar-refractivity contribution < 1.29 is 4.79 Å². The van der Waals surface area contributed by atoms with Crippen LogP contribution in [0.4, 0.5) is 5.69 Å². The zero-order valence-corrected chi connectivity index (χ0v) is 9.97. The maximum absolute atomic E-state index is 11.9. The van der Waals surface area contributed by atoms with Gasteiger partial charge >= 0.3 is 5.69 Å². The Balaban J connectivity index is 1.87. The summed E-state index contributed by atoms with van der Waals surface area (Å²) in [7, 11) is 1.46. The van der Waals surface area contributed by atoms with Crippen molar-refractivity contribution >= 4 is 22.5 Å². The monoisotopic (exact) mass is 258 g/mol. The van der Waals surface area contributed by atoms with E-state index in [0.717, 1.165) is 15.6 Å². The summed E-state index contributed by atoms with van der Waals surface area (Å²) in [6.45, 7) is 0. The maximum atomic E-state index is 11.9. The highest BCUT2D eigenvalue weighted by molar-refractivity contribution is 6.02. The Bertz CT molecular complexity index is 812. The lowest BCUT2D eigenvalue weighted by atomic mass is 10.2. The molecule has 1 amide bonds. The number of aryl methyl sites for hydroxylation is 1. The van der Waals surface area contributed by atoms with E-state index in [2.05, 4.69) is 25.6 Å². The molecule has 3 N–H and O–H groups in total. The second-order valence-corrected chi connectivity index (χ2v) is 4.03. The van der Waals surface area contributed by atoms with Gasteiger partial charge in [0.05, 0.1) is 11.7 Å². The van der Waals surface area contributed by atoms with Gasteiger partial charge in [0.25, 0.3) is 5.91 Å². The van der Waals surface area contributed by atoms with E-state index < -0.39 is 11.6 Å². The van der Waals surface area contributed by atoms with E-state index in [9.17, 15) is 9.59 Å². The maximum Gasteiger partial charge on any atom is 0.343 e. The van der Waals surface area contributed by atoms with Gasteiger partial charge in [-0.3, -0.25) is 14.9 Å². The van der Waals surface area contributed by atoms with Crippen LogP contribution >= 0.6 is 0 Å². The number of aromatic amines is 2. The number of hydrogen-bond acceptors (Lipinski definition) is 4. The van der Waals surface area contributed by atoms with Crippen molar-refractivity contribution in [3.05, 3.63) is 40.7 Å². The Morgan fingerprint density at radius 3 is 3.00 bits per heavy atom. The minimum atomic E-state index is -0.475. The molecule has 0 spiro atoms. The molecule has 2 heterocycles. The van der Waals surface area contributed by atoms with Crippen molar-refractivity contribution in [1.82, 2.24) is 25.0 Å². The van der Waals surface area contributed by atoms with Crippen LogP contribution in [-0.2, 0) is 7.05 Å². The molecule has 2 aromatic heterocycles. The van der Waals surface area contributed by atoms with Gasteiger partial charge in [-0.2, -0.15) is 5.10 Å². The second kappa shape index (κ2) is 4.09. The summed E-state index contributed by atoms with van der Waals surface area (Å²) in [5, 5.41) is 14.1. The Labute approximate surface area is 106 Å². The van der Waals surface area contributed by atoms with E-state index in [1.807, 2.05) is 6.07 Å². The minimum Gasteiger partial charge on any atom is -0.319 e. The van der Waals surface area contributed by atoms with Crippen molar-refractivity contribution in [3.8, 4) is 0 Å². The lowest BCUT2D eigenvalue weighted by Crippen LogP contribution is -2.15. The first kappa shape index (κ1) is 11.2. The molecule has 8 nitrogen and oxygen atoms in total. The molecule has 0 aliphatic carbocycles. The Kier molecular flexibility index (Phi) is 2.41. The lowest BCUT2D eigenvalue weighted by Gasteiger charge is -2.02. The number of amides is 1. The van der Waals surface area contributed by atoms with Crippen LogP contribution in [0.2, 0.25) is 0 Å². The van der Waals surface area contributed by atoms with Crippen LogP contribution in [0.3, 0.4) is 0 Å². The average Bonchev–Trinajstić information content (AvgIpc) is 2.96. The van der Waals surface area contributed by atoms with E-state index in [0.29, 0.717) is 5.69 Å². The largest absolute Gasteiger partial charge is 0.343 e. The highest BCUT2D eigenvalue weighted by Crippen LogP contribution is 2.16. The number of anilines is 1. The average molecular weight is 258 g/mol. The van der Waals surface area contributed by atoms with Gasteiger partial charge in [-0.1, -0.05) is 0 Å².